The van der Waals surface area contributed by atoms with Crippen molar-refractivity contribution in [1.29, 1.82) is 0 Å². The summed E-state index contributed by atoms with van der Waals surface area (Å²) < 4.78 is 55.1. The molecule has 10 atom stereocenters. The number of phosphoric acid groups is 2. The zero-order valence-electron chi connectivity index (χ0n) is 41.4. The van der Waals surface area contributed by atoms with Crippen molar-refractivity contribution in [3.8, 4) is 0 Å². The van der Waals surface area contributed by atoms with Gasteiger partial charge in [0.05, 0.1) is 18.8 Å². The molecule has 1 saturated heterocycles. The lowest BCUT2D eigenvalue weighted by molar-refractivity contribution is -0.216. The van der Waals surface area contributed by atoms with Gasteiger partial charge in [0, 0.05) is 12.8 Å². The first-order valence-electron chi connectivity index (χ1n) is 25.3. The van der Waals surface area contributed by atoms with E-state index in [0.717, 1.165) is 89.9 Å². The van der Waals surface area contributed by atoms with Gasteiger partial charge in [0.2, 0.25) is 0 Å². The summed E-state index contributed by atoms with van der Waals surface area (Å²) in [7, 11) is -10.7. The SMILES string of the molecule is CC/C=C\CC1OC1C/C=C\C/C=C\C/C=C\C/C=C\CCC(=O)OC[C@H](COP(=O)(O)O[C@H]1C(O)C(O)C(O)[C@@H](OP(=O)(O)O)C1O)OC(=O)CCCCCCCCC/C=C\C/C=C\CCCCC. The highest BCUT2D eigenvalue weighted by Crippen LogP contribution is 2.49. The number of rotatable bonds is 40. The molecule has 0 radical (unpaired) electrons. The predicted molar refractivity (Wildman–Crippen MR) is 268 cm³/mol. The predicted octanol–water partition coefficient (Wildman–Crippen LogP) is 9.16. The highest BCUT2D eigenvalue weighted by molar-refractivity contribution is 7.47. The fourth-order valence-electron chi connectivity index (χ4n) is 7.36. The van der Waals surface area contributed by atoms with E-state index in [0.29, 0.717) is 31.5 Å². The molecule has 0 aromatic heterocycles. The summed E-state index contributed by atoms with van der Waals surface area (Å²) in [6, 6.07) is 0. The molecule has 1 aliphatic heterocycles. The number of ether oxygens (including phenoxy) is 3. The largest absolute Gasteiger partial charge is 0.472 e. The van der Waals surface area contributed by atoms with E-state index in [2.05, 4.69) is 79.1 Å². The summed E-state index contributed by atoms with van der Waals surface area (Å²) in [5, 5.41) is 41.3. The molecule has 2 aliphatic rings. The fraction of sp³-hybridized carbons (Fsp3) is 0.686. The van der Waals surface area contributed by atoms with Crippen molar-refractivity contribution < 1.29 is 81.6 Å². The lowest BCUT2D eigenvalue weighted by Gasteiger charge is -2.43. The molecule has 0 amide bonds. The molecule has 1 aliphatic carbocycles. The number of aliphatic hydroxyl groups excluding tert-OH is 4. The molecule has 7 N–H and O–H groups in total. The maximum absolute atomic E-state index is 13.0. The number of phosphoric ester groups is 2. The maximum Gasteiger partial charge on any atom is 0.472 e. The van der Waals surface area contributed by atoms with Gasteiger partial charge in [0.25, 0.3) is 0 Å². The first-order chi connectivity index (χ1) is 33.6. The average molecular weight is 1030 g/mol. The number of allylic oxidation sites excluding steroid dienone is 12. The molecule has 19 heteroatoms. The van der Waals surface area contributed by atoms with E-state index in [4.69, 9.17) is 23.3 Å². The second-order valence-electron chi connectivity index (χ2n) is 17.5. The monoisotopic (exact) mass is 1030 g/mol. The highest BCUT2D eigenvalue weighted by atomic mass is 31.2. The standard InChI is InChI=1S/C51H84O17P2/c1-3-5-7-8-9-10-11-12-13-14-15-16-21-24-27-30-34-38-45(53)65-41(40-64-70(61,62)68-51-48(56)46(54)47(55)50(49(51)57)67-69(58,59)60)39-63-44(52)37-33-29-26-23-20-18-17-19-22-25-28-32-36-43-42(66-43)35-31-6-4-2/h6,9-10,12-13,18-20,22,26,28-29,31-32,41-43,46-51,54-57H,3-5,7-8,11,14-17,21,23-25,27,30,33-40H2,1-2H3,(H,61,62)(H2,58,59,60)/b10-9-,13-12-,20-18-,22-19-,29-26-,31-6-,32-28-/t41-,42?,43?,46?,47?,48?,49?,50-,51+/m1/s1. The summed E-state index contributed by atoms with van der Waals surface area (Å²) in [6.07, 6.45) is 34.4. The number of carbonyl (C=O) groups excluding carboxylic acids is 2. The third-order valence-electron chi connectivity index (χ3n) is 11.4. The Bertz CT molecular complexity index is 1740. The minimum absolute atomic E-state index is 0.0126. The normalized spacial score (nSPS) is 24.6. The van der Waals surface area contributed by atoms with Crippen LogP contribution in [-0.4, -0.2) is 115 Å². The van der Waals surface area contributed by atoms with E-state index < -0.39 is 83.5 Å². The molecular weight excluding hydrogens is 946 g/mol. The maximum atomic E-state index is 13.0. The molecule has 70 heavy (non-hydrogen) atoms. The van der Waals surface area contributed by atoms with Crippen molar-refractivity contribution in [3.05, 3.63) is 85.1 Å². The number of hydrogen-bond donors (Lipinski definition) is 7. The Labute approximate surface area is 416 Å². The van der Waals surface area contributed by atoms with Gasteiger partial charge in [0.1, 0.15) is 43.2 Å². The molecule has 0 bridgehead atoms. The van der Waals surface area contributed by atoms with Crippen LogP contribution in [0.5, 0.6) is 0 Å². The molecule has 1 saturated carbocycles. The number of hydrogen-bond acceptors (Lipinski definition) is 14. The van der Waals surface area contributed by atoms with Gasteiger partial charge in [-0.1, -0.05) is 144 Å². The summed E-state index contributed by atoms with van der Waals surface area (Å²) >= 11 is 0. The first-order valence-corrected chi connectivity index (χ1v) is 28.3. The van der Waals surface area contributed by atoms with Gasteiger partial charge in [-0.25, -0.2) is 9.13 Å². The summed E-state index contributed by atoms with van der Waals surface area (Å²) in [5.74, 6) is -1.32. The minimum atomic E-state index is -5.38. The van der Waals surface area contributed by atoms with Crippen LogP contribution in [-0.2, 0) is 46.5 Å². The van der Waals surface area contributed by atoms with Crippen LogP contribution in [0.3, 0.4) is 0 Å². The van der Waals surface area contributed by atoms with E-state index in [1.54, 1.807) is 0 Å². The Morgan fingerprint density at radius 2 is 1.01 bits per heavy atom. The van der Waals surface area contributed by atoms with Crippen LogP contribution in [0.15, 0.2) is 85.1 Å². The van der Waals surface area contributed by atoms with E-state index in [-0.39, 0.29) is 12.8 Å². The molecule has 400 valence electrons. The molecule has 1 heterocycles. The van der Waals surface area contributed by atoms with E-state index in [9.17, 15) is 53.8 Å². The molecule has 0 spiro atoms. The van der Waals surface area contributed by atoms with Crippen molar-refractivity contribution in [3.63, 3.8) is 0 Å². The van der Waals surface area contributed by atoms with Crippen LogP contribution in [0.1, 0.15) is 155 Å². The van der Waals surface area contributed by atoms with Gasteiger partial charge in [0.15, 0.2) is 6.10 Å². The van der Waals surface area contributed by atoms with E-state index in [1.165, 1.54) is 19.3 Å². The van der Waals surface area contributed by atoms with Crippen LogP contribution in [0.2, 0.25) is 0 Å². The minimum Gasteiger partial charge on any atom is -0.462 e. The zero-order valence-corrected chi connectivity index (χ0v) is 43.1. The Balaban J connectivity index is 1.79. The number of esters is 2. The van der Waals surface area contributed by atoms with Crippen LogP contribution in [0.25, 0.3) is 0 Å². The second-order valence-corrected chi connectivity index (χ2v) is 20.1. The van der Waals surface area contributed by atoms with E-state index >= 15 is 0 Å². The van der Waals surface area contributed by atoms with Crippen LogP contribution in [0, 0.1) is 0 Å². The first kappa shape index (κ1) is 63.3. The molecule has 0 aromatic carbocycles. The van der Waals surface area contributed by atoms with Gasteiger partial charge in [-0.05, 0) is 83.5 Å². The molecule has 0 aromatic rings. The topological polar surface area (TPSA) is 269 Å². The molecule has 17 nitrogen and oxygen atoms in total. The van der Waals surface area contributed by atoms with Crippen molar-refractivity contribution in [2.24, 2.45) is 0 Å². The third kappa shape index (κ3) is 30.9. The Hall–Kier alpha value is -2.86. The molecule has 7 unspecified atom stereocenters. The Kier molecular flexibility index (Phi) is 34.2. The quantitative estimate of drug-likeness (QED) is 0.00991. The van der Waals surface area contributed by atoms with Gasteiger partial charge in [-0.2, -0.15) is 0 Å². The number of unbranched alkanes of at least 4 members (excludes halogenated alkanes) is 10. The number of carbonyl (C=O) groups is 2. The lowest BCUT2D eigenvalue weighted by atomic mass is 9.85. The highest BCUT2D eigenvalue weighted by Gasteiger charge is 2.54. The van der Waals surface area contributed by atoms with Gasteiger partial charge in [-0.15, -0.1) is 0 Å². The van der Waals surface area contributed by atoms with Gasteiger partial charge < -0.3 is 49.3 Å². The van der Waals surface area contributed by atoms with Crippen LogP contribution in [0.4, 0.5) is 0 Å². The summed E-state index contributed by atoms with van der Waals surface area (Å²) in [5.41, 5.74) is 0. The lowest BCUT2D eigenvalue weighted by Crippen LogP contribution is -2.64. The van der Waals surface area contributed by atoms with Crippen molar-refractivity contribution in [2.75, 3.05) is 13.2 Å². The molecule has 2 fully saturated rings. The second kappa shape index (κ2) is 37.8. The zero-order chi connectivity index (χ0) is 51.5. The molecule has 2 rings (SSSR count). The van der Waals surface area contributed by atoms with Crippen LogP contribution < -0.4 is 0 Å². The molecular formula is C51H84O17P2. The van der Waals surface area contributed by atoms with Crippen molar-refractivity contribution in [1.82, 2.24) is 0 Å². The van der Waals surface area contributed by atoms with Crippen molar-refractivity contribution >= 4 is 27.6 Å². The fourth-order valence-corrected chi connectivity index (χ4v) is 8.90. The smallest absolute Gasteiger partial charge is 0.462 e. The van der Waals surface area contributed by atoms with E-state index in [1.807, 2.05) is 24.3 Å². The van der Waals surface area contributed by atoms with Crippen LogP contribution >= 0.6 is 15.6 Å². The summed E-state index contributed by atoms with van der Waals surface area (Å²) in [4.78, 5) is 54.4. The average Bonchev–Trinajstić information content (AvgIpc) is 4.07. The number of epoxide rings is 1. The van der Waals surface area contributed by atoms with Crippen molar-refractivity contribution in [2.45, 2.75) is 210 Å². The Morgan fingerprint density at radius 1 is 0.529 bits per heavy atom. The Morgan fingerprint density at radius 3 is 1.57 bits per heavy atom. The van der Waals surface area contributed by atoms with Gasteiger partial charge in [-0.3, -0.25) is 23.2 Å². The number of aliphatic hydroxyl groups is 4. The summed E-state index contributed by atoms with van der Waals surface area (Å²) in [6.45, 7) is 2.90. The third-order valence-corrected chi connectivity index (χ3v) is 12.9. The van der Waals surface area contributed by atoms with Gasteiger partial charge >= 0.3 is 27.6 Å².